The Labute approximate surface area is 167 Å². The molecule has 0 aromatic heterocycles. The summed E-state index contributed by atoms with van der Waals surface area (Å²) in [6.07, 6.45) is 0.884. The molecule has 0 aliphatic rings. The Balaban J connectivity index is 2.06. The van der Waals surface area contributed by atoms with Crippen LogP contribution in [0.25, 0.3) is 11.1 Å². The van der Waals surface area contributed by atoms with Crippen molar-refractivity contribution in [1.29, 1.82) is 0 Å². The van der Waals surface area contributed by atoms with Crippen LogP contribution in [0.4, 0.5) is 0 Å². The Kier molecular flexibility index (Phi) is 6.88. The maximum absolute atomic E-state index is 9.67. The summed E-state index contributed by atoms with van der Waals surface area (Å²) >= 11 is 0. The number of benzene rings is 3. The van der Waals surface area contributed by atoms with Crippen molar-refractivity contribution in [2.75, 3.05) is 20.2 Å². The predicted octanol–water partition coefficient (Wildman–Crippen LogP) is 5.36. The molecule has 0 aliphatic heterocycles. The van der Waals surface area contributed by atoms with Crippen molar-refractivity contribution < 1.29 is 9.84 Å². The van der Waals surface area contributed by atoms with Gasteiger partial charge in [-0.3, -0.25) is 0 Å². The van der Waals surface area contributed by atoms with Gasteiger partial charge < -0.3 is 15.2 Å². The zero-order chi connectivity index (χ0) is 19.8. The Morgan fingerprint density at radius 1 is 0.821 bits per heavy atom. The number of ether oxygens (including phenoxy) is 1. The summed E-state index contributed by atoms with van der Waals surface area (Å²) in [6.45, 7) is 3.63. The molecule has 0 unspecified atom stereocenters. The summed E-state index contributed by atoms with van der Waals surface area (Å²) in [5.41, 5.74) is 5.90. The third kappa shape index (κ3) is 4.81. The third-order valence-corrected chi connectivity index (χ3v) is 4.70. The first-order chi connectivity index (χ1) is 13.7. The van der Waals surface area contributed by atoms with Crippen LogP contribution in [-0.2, 0) is 0 Å². The van der Waals surface area contributed by atoms with Crippen LogP contribution < -0.4 is 10.1 Å². The Bertz CT molecular complexity index is 898. The van der Waals surface area contributed by atoms with E-state index >= 15 is 0 Å². The predicted molar refractivity (Wildman–Crippen MR) is 117 cm³/mol. The highest BCUT2D eigenvalue weighted by Gasteiger charge is 2.13. The van der Waals surface area contributed by atoms with E-state index in [1.807, 2.05) is 37.4 Å². The van der Waals surface area contributed by atoms with Crippen molar-refractivity contribution in [3.63, 3.8) is 0 Å². The second-order valence-electron chi connectivity index (χ2n) is 6.60. The summed E-state index contributed by atoms with van der Waals surface area (Å²) in [6, 6.07) is 26.2. The minimum Gasteiger partial charge on any atom is -0.508 e. The Hall–Kier alpha value is -3.04. The fraction of sp³-hybridized carbons (Fsp3) is 0.200. The number of aromatic hydroxyl groups is 1. The molecular weight excluding hydrogens is 346 g/mol. The molecule has 0 atom stereocenters. The largest absolute Gasteiger partial charge is 0.508 e. The zero-order valence-corrected chi connectivity index (χ0v) is 16.5. The summed E-state index contributed by atoms with van der Waals surface area (Å²) in [7, 11) is 1.92. The van der Waals surface area contributed by atoms with Crippen molar-refractivity contribution in [3.05, 3.63) is 95.6 Å². The minimum absolute atomic E-state index is 0.281. The van der Waals surface area contributed by atoms with Crippen LogP contribution in [0.5, 0.6) is 11.5 Å². The van der Waals surface area contributed by atoms with Crippen molar-refractivity contribution in [1.82, 2.24) is 5.32 Å². The van der Waals surface area contributed by atoms with Crippen LogP contribution in [-0.4, -0.2) is 25.3 Å². The van der Waals surface area contributed by atoms with Gasteiger partial charge >= 0.3 is 0 Å². The fourth-order valence-corrected chi connectivity index (χ4v) is 3.30. The molecule has 144 valence electrons. The molecule has 0 spiro atoms. The van der Waals surface area contributed by atoms with Gasteiger partial charge in [0.25, 0.3) is 0 Å². The average molecular weight is 373 g/mol. The van der Waals surface area contributed by atoms with Gasteiger partial charge in [-0.05, 0) is 65.6 Å². The van der Waals surface area contributed by atoms with Gasteiger partial charge in [0, 0.05) is 6.54 Å². The van der Waals surface area contributed by atoms with E-state index in [0.717, 1.165) is 29.8 Å². The average Bonchev–Trinajstić information content (AvgIpc) is 2.74. The number of hydrogen-bond acceptors (Lipinski definition) is 3. The van der Waals surface area contributed by atoms with Gasteiger partial charge in [0.05, 0.1) is 0 Å². The first-order valence-corrected chi connectivity index (χ1v) is 9.68. The summed E-state index contributed by atoms with van der Waals surface area (Å²) in [4.78, 5) is 0. The van der Waals surface area contributed by atoms with Crippen molar-refractivity contribution in [2.24, 2.45) is 0 Å². The summed E-state index contributed by atoms with van der Waals surface area (Å²) < 4.78 is 5.77. The van der Waals surface area contributed by atoms with Crippen LogP contribution in [0.3, 0.4) is 0 Å². The van der Waals surface area contributed by atoms with Gasteiger partial charge in [-0.1, -0.05) is 61.5 Å². The van der Waals surface area contributed by atoms with E-state index in [0.29, 0.717) is 6.61 Å². The molecule has 3 aromatic rings. The highest BCUT2D eigenvalue weighted by Crippen LogP contribution is 2.35. The Morgan fingerprint density at radius 2 is 1.43 bits per heavy atom. The highest BCUT2D eigenvalue weighted by atomic mass is 16.5. The molecule has 2 N–H and O–H groups in total. The van der Waals surface area contributed by atoms with E-state index < -0.39 is 0 Å². The molecular formula is C25H27NO2. The van der Waals surface area contributed by atoms with Crippen molar-refractivity contribution in [2.45, 2.75) is 13.3 Å². The molecule has 0 heterocycles. The first kappa shape index (κ1) is 19.7. The fourth-order valence-electron chi connectivity index (χ4n) is 3.30. The number of hydrogen-bond donors (Lipinski definition) is 2. The van der Waals surface area contributed by atoms with E-state index in [4.69, 9.17) is 4.74 Å². The molecule has 0 bridgehead atoms. The van der Waals surface area contributed by atoms with Crippen LogP contribution >= 0.6 is 0 Å². The molecule has 0 amide bonds. The normalized spacial score (nSPS) is 11.8. The number of allylic oxidation sites excluding steroid dienone is 1. The number of rotatable bonds is 8. The zero-order valence-electron chi connectivity index (χ0n) is 16.5. The number of phenols is 1. The molecule has 0 fully saturated rings. The highest BCUT2D eigenvalue weighted by molar-refractivity contribution is 5.98. The second-order valence-corrected chi connectivity index (χ2v) is 6.60. The molecule has 0 radical (unpaired) electrons. The van der Waals surface area contributed by atoms with E-state index in [2.05, 4.69) is 48.6 Å². The molecule has 0 aliphatic carbocycles. The van der Waals surface area contributed by atoms with Gasteiger partial charge in [0.1, 0.15) is 18.1 Å². The third-order valence-electron chi connectivity index (χ3n) is 4.70. The lowest BCUT2D eigenvalue weighted by Gasteiger charge is -2.17. The maximum Gasteiger partial charge on any atom is 0.119 e. The van der Waals surface area contributed by atoms with Crippen molar-refractivity contribution in [3.8, 4) is 11.5 Å². The van der Waals surface area contributed by atoms with E-state index in [9.17, 15) is 5.11 Å². The molecule has 3 heteroatoms. The van der Waals surface area contributed by atoms with Crippen LogP contribution in [0.2, 0.25) is 0 Å². The van der Waals surface area contributed by atoms with E-state index in [1.54, 1.807) is 12.1 Å². The van der Waals surface area contributed by atoms with E-state index in [1.165, 1.54) is 16.7 Å². The molecule has 0 saturated carbocycles. The summed E-state index contributed by atoms with van der Waals surface area (Å²) in [5.74, 6) is 1.15. The van der Waals surface area contributed by atoms with Crippen molar-refractivity contribution >= 4 is 11.1 Å². The maximum atomic E-state index is 9.67. The molecule has 3 aromatic carbocycles. The van der Waals surface area contributed by atoms with Crippen LogP contribution in [0.1, 0.15) is 30.0 Å². The molecule has 3 rings (SSSR count). The smallest absolute Gasteiger partial charge is 0.119 e. The number of likely N-dealkylation sites (N-methyl/N-ethyl adjacent to an activating group) is 1. The number of nitrogens with one attached hydrogen (secondary N) is 1. The molecule has 3 nitrogen and oxygen atoms in total. The van der Waals surface area contributed by atoms with Crippen LogP contribution in [0, 0.1) is 0 Å². The van der Waals surface area contributed by atoms with Crippen LogP contribution in [0.15, 0.2) is 78.9 Å². The quantitative estimate of drug-likeness (QED) is 0.413. The number of phenolic OH excluding ortho intramolecular Hbond substituents is 1. The lowest BCUT2D eigenvalue weighted by atomic mass is 9.88. The topological polar surface area (TPSA) is 41.5 Å². The minimum atomic E-state index is 0.281. The second kappa shape index (κ2) is 9.77. The SMILES string of the molecule is CCC(=C(c1ccccc1)c1ccc(OCCNC)cc1)c1ccc(O)cc1. The van der Waals surface area contributed by atoms with E-state index in [-0.39, 0.29) is 5.75 Å². The van der Waals surface area contributed by atoms with Gasteiger partial charge in [0.2, 0.25) is 0 Å². The van der Waals surface area contributed by atoms with Gasteiger partial charge in [0.15, 0.2) is 0 Å². The molecule has 0 saturated heterocycles. The monoisotopic (exact) mass is 373 g/mol. The standard InChI is InChI=1S/C25H27NO2/c1-3-24(19-9-13-22(27)14-10-19)25(20-7-5-4-6-8-20)21-11-15-23(16-12-21)28-18-17-26-2/h4-16,26-27H,3,17-18H2,1-2H3. The Morgan fingerprint density at radius 3 is 2.04 bits per heavy atom. The van der Waals surface area contributed by atoms with Gasteiger partial charge in [-0.25, -0.2) is 0 Å². The first-order valence-electron chi connectivity index (χ1n) is 9.68. The van der Waals surface area contributed by atoms with Gasteiger partial charge in [-0.2, -0.15) is 0 Å². The lowest BCUT2D eigenvalue weighted by molar-refractivity contribution is 0.318. The summed E-state index contributed by atoms with van der Waals surface area (Å²) in [5, 5.41) is 12.8. The molecule has 28 heavy (non-hydrogen) atoms. The van der Waals surface area contributed by atoms with Gasteiger partial charge in [-0.15, -0.1) is 0 Å². The lowest BCUT2D eigenvalue weighted by Crippen LogP contribution is -2.15.